The number of likely N-dealkylation sites (N-methyl/N-ethyl adjacent to an activating group) is 1. The van der Waals surface area contributed by atoms with Crippen molar-refractivity contribution >= 4 is 27.6 Å². The fourth-order valence-corrected chi connectivity index (χ4v) is 1.55. The van der Waals surface area contributed by atoms with Gasteiger partial charge in [-0.05, 0) is 24.6 Å². The monoisotopic (exact) mass is 286 g/mol. The normalized spacial score (nSPS) is 10.0. The van der Waals surface area contributed by atoms with Crippen LogP contribution in [0.1, 0.15) is 5.56 Å². The molecule has 0 bridgehead atoms. The van der Waals surface area contributed by atoms with Crippen molar-refractivity contribution < 1.29 is 9.90 Å². The van der Waals surface area contributed by atoms with E-state index in [9.17, 15) is 4.79 Å². The Labute approximate surface area is 103 Å². The molecule has 1 aromatic rings. The molecule has 2 amide bonds. The van der Waals surface area contributed by atoms with E-state index in [0.717, 1.165) is 15.7 Å². The van der Waals surface area contributed by atoms with Crippen LogP contribution in [-0.4, -0.2) is 36.2 Å². The molecule has 0 spiro atoms. The Morgan fingerprint density at radius 1 is 1.56 bits per heavy atom. The number of halogens is 1. The number of hydrogen-bond donors (Lipinski definition) is 2. The maximum atomic E-state index is 11.7. The first-order valence-corrected chi connectivity index (χ1v) is 5.73. The minimum Gasteiger partial charge on any atom is -0.395 e. The van der Waals surface area contributed by atoms with Crippen LogP contribution in [0.2, 0.25) is 0 Å². The van der Waals surface area contributed by atoms with Gasteiger partial charge in [0.2, 0.25) is 0 Å². The number of aryl methyl sites for hydroxylation is 1. The summed E-state index contributed by atoms with van der Waals surface area (Å²) in [5, 5.41) is 11.5. The third-order valence-electron chi connectivity index (χ3n) is 2.22. The second-order valence-corrected chi connectivity index (χ2v) is 4.45. The highest BCUT2D eigenvalue weighted by Crippen LogP contribution is 2.20. The predicted octanol–water partition coefficient (Wildman–Crippen LogP) is 2.21. The molecule has 4 nitrogen and oxygen atoms in total. The number of carbonyl (C=O) groups is 1. The van der Waals surface area contributed by atoms with Gasteiger partial charge in [0, 0.05) is 23.8 Å². The molecule has 88 valence electrons. The Kier molecular flexibility index (Phi) is 4.76. The molecule has 0 unspecified atom stereocenters. The molecule has 0 aliphatic carbocycles. The van der Waals surface area contributed by atoms with E-state index in [2.05, 4.69) is 21.2 Å². The summed E-state index contributed by atoms with van der Waals surface area (Å²) in [6.07, 6.45) is 0. The number of carbonyl (C=O) groups excluding carboxylic acids is 1. The van der Waals surface area contributed by atoms with Crippen LogP contribution in [0.25, 0.3) is 0 Å². The molecule has 2 N–H and O–H groups in total. The number of benzene rings is 1. The molecule has 1 aromatic carbocycles. The van der Waals surface area contributed by atoms with Gasteiger partial charge in [-0.2, -0.15) is 0 Å². The van der Waals surface area contributed by atoms with E-state index >= 15 is 0 Å². The van der Waals surface area contributed by atoms with Gasteiger partial charge in [0.25, 0.3) is 0 Å². The van der Waals surface area contributed by atoms with E-state index in [0.29, 0.717) is 6.54 Å². The Hall–Kier alpha value is -1.07. The van der Waals surface area contributed by atoms with Crippen LogP contribution in [0.4, 0.5) is 10.5 Å². The zero-order valence-electron chi connectivity index (χ0n) is 9.33. The van der Waals surface area contributed by atoms with Gasteiger partial charge in [-0.15, -0.1) is 0 Å². The van der Waals surface area contributed by atoms with E-state index in [1.54, 1.807) is 7.05 Å². The Morgan fingerprint density at radius 3 is 2.88 bits per heavy atom. The summed E-state index contributed by atoms with van der Waals surface area (Å²) >= 11 is 3.35. The Balaban J connectivity index is 2.72. The number of rotatable bonds is 3. The average Bonchev–Trinajstić information content (AvgIpc) is 2.23. The molecule has 16 heavy (non-hydrogen) atoms. The van der Waals surface area contributed by atoms with E-state index < -0.39 is 0 Å². The molecule has 0 aromatic heterocycles. The number of urea groups is 1. The van der Waals surface area contributed by atoms with E-state index in [1.807, 2.05) is 25.1 Å². The second kappa shape index (κ2) is 5.86. The zero-order chi connectivity index (χ0) is 12.1. The smallest absolute Gasteiger partial charge is 0.321 e. The summed E-state index contributed by atoms with van der Waals surface area (Å²) in [6.45, 7) is 2.20. The number of nitrogens with zero attached hydrogens (tertiary/aromatic N) is 1. The van der Waals surface area contributed by atoms with Crippen molar-refractivity contribution in [1.29, 1.82) is 0 Å². The minimum absolute atomic E-state index is 0.0403. The van der Waals surface area contributed by atoms with Crippen LogP contribution < -0.4 is 5.32 Å². The predicted molar refractivity (Wildman–Crippen MR) is 67.6 cm³/mol. The van der Waals surface area contributed by atoms with Crippen LogP contribution in [0.3, 0.4) is 0 Å². The zero-order valence-corrected chi connectivity index (χ0v) is 10.9. The fraction of sp³-hybridized carbons (Fsp3) is 0.364. The van der Waals surface area contributed by atoms with E-state index in [1.165, 1.54) is 4.90 Å². The summed E-state index contributed by atoms with van der Waals surface area (Å²) in [6, 6.07) is 5.46. The SMILES string of the molecule is Cc1ccc(Br)cc1NC(=O)N(C)CCO. The molecule has 0 heterocycles. The van der Waals surface area contributed by atoms with Crippen molar-refractivity contribution in [1.82, 2.24) is 4.90 Å². The van der Waals surface area contributed by atoms with E-state index in [-0.39, 0.29) is 12.6 Å². The van der Waals surface area contributed by atoms with Gasteiger partial charge in [-0.25, -0.2) is 4.79 Å². The third kappa shape index (κ3) is 3.50. The van der Waals surface area contributed by atoms with Crippen LogP contribution >= 0.6 is 15.9 Å². The fourth-order valence-electron chi connectivity index (χ4n) is 1.19. The van der Waals surface area contributed by atoms with Crippen molar-refractivity contribution in [3.63, 3.8) is 0 Å². The summed E-state index contributed by atoms with van der Waals surface area (Å²) < 4.78 is 0.915. The summed E-state index contributed by atoms with van der Waals surface area (Å²) in [5.41, 5.74) is 1.76. The van der Waals surface area contributed by atoms with Crippen molar-refractivity contribution in [2.45, 2.75) is 6.92 Å². The second-order valence-electron chi connectivity index (χ2n) is 3.53. The third-order valence-corrected chi connectivity index (χ3v) is 2.72. The largest absolute Gasteiger partial charge is 0.395 e. The molecule has 0 atom stereocenters. The van der Waals surface area contributed by atoms with Crippen LogP contribution in [0.5, 0.6) is 0 Å². The number of hydrogen-bond acceptors (Lipinski definition) is 2. The highest BCUT2D eigenvalue weighted by molar-refractivity contribution is 9.10. The van der Waals surface area contributed by atoms with Crippen molar-refractivity contribution in [2.24, 2.45) is 0 Å². The van der Waals surface area contributed by atoms with Gasteiger partial charge in [-0.1, -0.05) is 22.0 Å². The minimum atomic E-state index is -0.227. The van der Waals surface area contributed by atoms with Crippen LogP contribution in [0.15, 0.2) is 22.7 Å². The molecular formula is C11H15BrN2O2. The van der Waals surface area contributed by atoms with E-state index in [4.69, 9.17) is 5.11 Å². The Morgan fingerprint density at radius 2 is 2.25 bits per heavy atom. The lowest BCUT2D eigenvalue weighted by Gasteiger charge is -2.17. The number of aliphatic hydroxyl groups excluding tert-OH is 1. The summed E-state index contributed by atoms with van der Waals surface area (Å²) in [5.74, 6) is 0. The maximum absolute atomic E-state index is 11.7. The molecule has 0 fully saturated rings. The standard InChI is InChI=1S/C11H15BrN2O2/c1-8-3-4-9(12)7-10(8)13-11(16)14(2)5-6-15/h3-4,7,15H,5-6H2,1-2H3,(H,13,16). The summed E-state index contributed by atoms with van der Waals surface area (Å²) in [7, 11) is 1.64. The first kappa shape index (κ1) is 13.0. The van der Waals surface area contributed by atoms with Gasteiger partial charge in [0.1, 0.15) is 0 Å². The molecule has 0 aliphatic rings. The molecule has 0 saturated carbocycles. The van der Waals surface area contributed by atoms with Crippen molar-refractivity contribution in [2.75, 3.05) is 25.5 Å². The molecule has 5 heteroatoms. The van der Waals surface area contributed by atoms with Gasteiger partial charge >= 0.3 is 6.03 Å². The number of nitrogens with one attached hydrogen (secondary N) is 1. The van der Waals surface area contributed by atoms with Crippen LogP contribution in [-0.2, 0) is 0 Å². The number of aliphatic hydroxyl groups is 1. The quantitative estimate of drug-likeness (QED) is 0.895. The topological polar surface area (TPSA) is 52.6 Å². The maximum Gasteiger partial charge on any atom is 0.321 e. The molecule has 0 radical (unpaired) electrons. The van der Waals surface area contributed by atoms with Crippen molar-refractivity contribution in [3.8, 4) is 0 Å². The molecule has 1 rings (SSSR count). The average molecular weight is 287 g/mol. The number of anilines is 1. The summed E-state index contributed by atoms with van der Waals surface area (Å²) in [4.78, 5) is 13.1. The first-order valence-electron chi connectivity index (χ1n) is 4.93. The lowest BCUT2D eigenvalue weighted by molar-refractivity contribution is 0.202. The van der Waals surface area contributed by atoms with Gasteiger partial charge in [-0.3, -0.25) is 0 Å². The van der Waals surface area contributed by atoms with Gasteiger partial charge < -0.3 is 15.3 Å². The molecule has 0 saturated heterocycles. The highest BCUT2D eigenvalue weighted by atomic mass is 79.9. The van der Waals surface area contributed by atoms with Gasteiger partial charge in [0.15, 0.2) is 0 Å². The lowest BCUT2D eigenvalue weighted by Crippen LogP contribution is -2.33. The first-order chi connectivity index (χ1) is 7.54. The number of amides is 2. The highest BCUT2D eigenvalue weighted by Gasteiger charge is 2.09. The lowest BCUT2D eigenvalue weighted by atomic mass is 10.2. The van der Waals surface area contributed by atoms with Gasteiger partial charge in [0.05, 0.1) is 6.61 Å². The van der Waals surface area contributed by atoms with Crippen LogP contribution in [0, 0.1) is 6.92 Å². The molecule has 0 aliphatic heterocycles. The van der Waals surface area contributed by atoms with Crippen molar-refractivity contribution in [3.05, 3.63) is 28.2 Å². The Bertz CT molecular complexity index is 382. The molecular weight excluding hydrogens is 272 g/mol.